The van der Waals surface area contributed by atoms with Gasteiger partial charge in [-0.3, -0.25) is 9.09 Å². The highest BCUT2D eigenvalue weighted by molar-refractivity contribution is 14.1. The Balaban J connectivity index is 1.69. The smallest absolute Gasteiger partial charge is 0.389 e. The normalized spacial score (nSPS) is 28.5. The number of hydrogen-bond donors (Lipinski definition) is 7. The van der Waals surface area contributed by atoms with Crippen LogP contribution < -0.4 is 10.6 Å². The molecule has 1 aliphatic heterocycles. The van der Waals surface area contributed by atoms with Crippen LogP contribution in [0, 0.1) is 0 Å². The van der Waals surface area contributed by atoms with E-state index in [4.69, 9.17) is 20.3 Å². The molecule has 174 valence electrons. The lowest BCUT2D eigenvalue weighted by molar-refractivity contribution is -0.0418. The average molecular weight is 616 g/mol. The van der Waals surface area contributed by atoms with E-state index in [-0.39, 0.29) is 5.82 Å². The lowest BCUT2D eigenvalue weighted by atomic mass is 10.2. The number of phosphoric ester groups is 1. The molecule has 0 amide bonds. The van der Waals surface area contributed by atoms with Crippen molar-refractivity contribution in [2.24, 2.45) is 0 Å². The van der Waals surface area contributed by atoms with Gasteiger partial charge in [0.2, 0.25) is 0 Å². The molecule has 2 unspecified atom stereocenters. The molecule has 8 N–H and O–H groups in total. The van der Waals surface area contributed by atoms with Crippen molar-refractivity contribution in [3.8, 4) is 0 Å². The topological polar surface area (TPSA) is 262 Å². The van der Waals surface area contributed by atoms with Gasteiger partial charge >= 0.3 is 23.3 Å². The molecule has 2 aromatic heterocycles. The van der Waals surface area contributed by atoms with Crippen molar-refractivity contribution in [2.45, 2.75) is 22.4 Å². The van der Waals surface area contributed by atoms with Crippen molar-refractivity contribution in [1.82, 2.24) is 24.4 Å². The molecule has 0 aromatic carbocycles. The first-order valence-corrected chi connectivity index (χ1v) is 13.9. The maximum atomic E-state index is 11.9. The maximum Gasteiger partial charge on any atom is 0.480 e. The fourth-order valence-electron chi connectivity index (χ4n) is 2.64. The molecule has 1 fully saturated rings. The number of nitrogens with one attached hydrogen (secondary N) is 1. The molecule has 0 aliphatic carbocycles. The second-order valence-corrected chi connectivity index (χ2v) is 12.3. The zero-order chi connectivity index (χ0) is 23.2. The van der Waals surface area contributed by atoms with Crippen molar-refractivity contribution < 1.29 is 51.9 Å². The minimum Gasteiger partial charge on any atom is -0.389 e. The number of hydrogen-bond acceptors (Lipinski definition) is 11. The number of nitrogens with zero attached hydrogens (tertiary/aromatic N) is 4. The van der Waals surface area contributed by atoms with Crippen LogP contribution in [0.5, 0.6) is 0 Å². The van der Waals surface area contributed by atoms with E-state index in [0.717, 1.165) is 4.86 Å². The van der Waals surface area contributed by atoms with E-state index in [1.54, 1.807) is 0 Å². The zero-order valence-electron chi connectivity index (χ0n) is 14.9. The Hall–Kier alpha value is -0.590. The second-order valence-electron chi connectivity index (χ2n) is 6.09. The van der Waals surface area contributed by atoms with Gasteiger partial charge < -0.3 is 35.2 Å². The van der Waals surface area contributed by atoms with Crippen molar-refractivity contribution in [3.63, 3.8) is 0 Å². The van der Waals surface area contributed by atoms with Crippen LogP contribution in [0.25, 0.3) is 11.2 Å². The summed E-state index contributed by atoms with van der Waals surface area (Å²) in [5, 5.41) is 10.4. The molecule has 0 radical (unpaired) electrons. The molecule has 31 heavy (non-hydrogen) atoms. The van der Waals surface area contributed by atoms with Crippen LogP contribution in [0.1, 0.15) is 6.23 Å². The highest BCUT2D eigenvalue weighted by Crippen LogP contribution is 2.61. The minimum atomic E-state index is -5.40. The monoisotopic (exact) mass is 616 g/mol. The minimum absolute atomic E-state index is 0.128. The summed E-state index contributed by atoms with van der Waals surface area (Å²) in [5.74, 6) is 0.128. The number of aliphatic hydroxyl groups excluding tert-OH is 1. The van der Waals surface area contributed by atoms with Crippen LogP contribution >= 0.6 is 45.9 Å². The van der Waals surface area contributed by atoms with Gasteiger partial charge in [0.1, 0.15) is 17.9 Å². The summed E-state index contributed by atoms with van der Waals surface area (Å²) >= 11 is 1.88. The van der Waals surface area contributed by atoms with Gasteiger partial charge in [-0.25, -0.2) is 28.6 Å². The molecular formula is C10H16IN6O11P3. The van der Waals surface area contributed by atoms with Gasteiger partial charge in [0.25, 0.3) is 0 Å². The Morgan fingerprint density at radius 2 is 1.90 bits per heavy atom. The molecule has 0 bridgehead atoms. The molecule has 1 saturated heterocycles. The molecule has 3 heterocycles. The van der Waals surface area contributed by atoms with E-state index in [0.29, 0.717) is 11.2 Å². The highest BCUT2D eigenvalue weighted by atomic mass is 127. The third-order valence-corrected chi connectivity index (χ3v) is 9.42. The zero-order valence-corrected chi connectivity index (χ0v) is 19.8. The summed E-state index contributed by atoms with van der Waals surface area (Å²) in [6, 6.07) is 0. The van der Waals surface area contributed by atoms with Gasteiger partial charge in [-0.05, 0) is 0 Å². The highest BCUT2D eigenvalue weighted by Gasteiger charge is 2.46. The van der Waals surface area contributed by atoms with E-state index >= 15 is 0 Å². The summed E-state index contributed by atoms with van der Waals surface area (Å²) < 4.78 is 49.1. The fraction of sp³-hybridized carbons (Fsp3) is 0.500. The van der Waals surface area contributed by atoms with Gasteiger partial charge in [-0.15, -0.1) is 4.86 Å². The van der Waals surface area contributed by atoms with E-state index in [1.807, 2.05) is 22.6 Å². The van der Waals surface area contributed by atoms with E-state index in [9.17, 15) is 28.6 Å². The Bertz CT molecular complexity index is 1110. The number of rotatable bonds is 8. The molecule has 21 heteroatoms. The van der Waals surface area contributed by atoms with Gasteiger partial charge in [-0.1, -0.05) is 22.6 Å². The first-order chi connectivity index (χ1) is 14.2. The van der Waals surface area contributed by atoms with Crippen LogP contribution in [-0.2, 0) is 27.3 Å². The Morgan fingerprint density at radius 1 is 1.23 bits per heavy atom. The molecule has 1 aliphatic rings. The maximum absolute atomic E-state index is 11.9. The van der Waals surface area contributed by atoms with Crippen LogP contribution in [0.15, 0.2) is 12.7 Å². The number of fused-ring (bicyclic) bond motifs is 1. The van der Waals surface area contributed by atoms with E-state index in [2.05, 4.69) is 23.8 Å². The number of phosphoric acid groups is 1. The predicted molar refractivity (Wildman–Crippen MR) is 109 cm³/mol. The number of imidazole rings is 1. The van der Waals surface area contributed by atoms with E-state index in [1.165, 1.54) is 17.2 Å². The van der Waals surface area contributed by atoms with Crippen molar-refractivity contribution >= 4 is 62.9 Å². The second kappa shape index (κ2) is 8.98. The average Bonchev–Trinajstić information content (AvgIpc) is 3.13. The first kappa shape index (κ1) is 25.0. The number of alkyl halides is 1. The number of aliphatic hydroxyl groups is 1. The third-order valence-electron chi connectivity index (χ3n) is 3.83. The Morgan fingerprint density at radius 3 is 2.55 bits per heavy atom. The molecule has 2 aromatic rings. The van der Waals surface area contributed by atoms with Crippen LogP contribution in [-0.4, -0.2) is 66.9 Å². The first-order valence-electron chi connectivity index (χ1n) is 7.96. The predicted octanol–water partition coefficient (Wildman–Crippen LogP) is -0.613. The van der Waals surface area contributed by atoms with Gasteiger partial charge in [0.15, 0.2) is 17.7 Å². The molecule has 6 atom stereocenters. The Labute approximate surface area is 186 Å². The summed E-state index contributed by atoms with van der Waals surface area (Å²) in [5.41, 5.74) is 6.35. The third kappa shape index (κ3) is 6.05. The summed E-state index contributed by atoms with van der Waals surface area (Å²) in [6.45, 7) is -0.773. The fourth-order valence-corrected chi connectivity index (χ4v) is 7.05. The van der Waals surface area contributed by atoms with Gasteiger partial charge in [0.05, 0.1) is 23.0 Å². The SMILES string of the molecule is Nc1ncnc2c1ncn2[C@@H]1O[C@H](COP(=O)(O)OP(=O)(O)NP(=O)(O)O)[C@@H](O)[C@H]1I. The quantitative estimate of drug-likeness (QED) is 0.111. The number of nitrogen functional groups attached to an aromatic ring is 1. The van der Waals surface area contributed by atoms with Crippen molar-refractivity contribution in [2.75, 3.05) is 12.3 Å². The summed E-state index contributed by atoms with van der Waals surface area (Å²) in [7, 11) is -16.0. The van der Waals surface area contributed by atoms with Gasteiger partial charge in [0, 0.05) is 0 Å². The van der Waals surface area contributed by atoms with Crippen molar-refractivity contribution in [3.05, 3.63) is 12.7 Å². The lowest BCUT2D eigenvalue weighted by Gasteiger charge is -2.20. The van der Waals surface area contributed by atoms with Crippen LogP contribution in [0.4, 0.5) is 5.82 Å². The Kier molecular flexibility index (Phi) is 7.25. The largest absolute Gasteiger partial charge is 0.480 e. The molecule has 0 spiro atoms. The van der Waals surface area contributed by atoms with Crippen LogP contribution in [0.3, 0.4) is 0 Å². The molecule has 0 saturated carbocycles. The van der Waals surface area contributed by atoms with Crippen LogP contribution in [0.2, 0.25) is 0 Å². The molecule has 3 rings (SSSR count). The lowest BCUT2D eigenvalue weighted by Crippen LogP contribution is -2.30. The summed E-state index contributed by atoms with van der Waals surface area (Å²) in [6.07, 6.45) is -0.695. The molecular weight excluding hydrogens is 600 g/mol. The summed E-state index contributed by atoms with van der Waals surface area (Å²) in [4.78, 5) is 48.9. The number of aromatic nitrogens is 4. The van der Waals surface area contributed by atoms with E-state index < -0.39 is 52.3 Å². The van der Waals surface area contributed by atoms with Gasteiger partial charge in [-0.2, -0.15) is 4.31 Å². The van der Waals surface area contributed by atoms with Crippen molar-refractivity contribution in [1.29, 1.82) is 0 Å². The number of ether oxygens (including phenoxy) is 1. The number of anilines is 1. The molecule has 17 nitrogen and oxygen atoms in total. The standard InChI is InChI=1S/C10H16IN6O11P3/c11-5-7(18)4(1-26-31(24,25)28-30(22,23)16-29(19,20)21)27-10(5)17-3-15-6-8(12)13-2-14-9(6)17/h2-5,7,10,18H,1H2,(H,24,25)(H2,12,13,14)(H4,16,19,20,21,22,23)/t4-,5-,7-,10-/m1/s1. The number of nitrogens with two attached hydrogens (primary N) is 1. The number of halogens is 1.